The van der Waals surface area contributed by atoms with Gasteiger partial charge in [-0.15, -0.1) is 0 Å². The lowest BCUT2D eigenvalue weighted by Crippen LogP contribution is -2.27. The van der Waals surface area contributed by atoms with Crippen molar-refractivity contribution < 1.29 is 9.13 Å². The first-order valence-electron chi connectivity index (χ1n) is 6.66. The Morgan fingerprint density at radius 1 is 1.43 bits per heavy atom. The average Bonchev–Trinajstić information content (AvgIpc) is 2.99. The van der Waals surface area contributed by atoms with Crippen LogP contribution in [0.3, 0.4) is 0 Å². The minimum Gasteiger partial charge on any atom is -0.313 e. The molecule has 1 aromatic heterocycles. The van der Waals surface area contributed by atoms with Gasteiger partial charge < -0.3 is 5.32 Å². The van der Waals surface area contributed by atoms with Gasteiger partial charge in [0.25, 0.3) is 5.69 Å². The number of aromatic nitrogens is 2. The number of non-ortho nitro benzene ring substituents is 1. The summed E-state index contributed by atoms with van der Waals surface area (Å²) in [7, 11) is -1.21. The molecular formula is C13H14N4O3S. The fraction of sp³-hybridized carbons (Fsp3) is 0.385. The van der Waals surface area contributed by atoms with Crippen molar-refractivity contribution in [2.75, 3.05) is 12.3 Å². The van der Waals surface area contributed by atoms with Crippen molar-refractivity contribution in [3.63, 3.8) is 0 Å². The SMILES string of the molecule is O=[N+]([O-])c1ccc2nc([S@](=O)C[C@@H]3CCCN3)cnc2c1. The summed E-state index contributed by atoms with van der Waals surface area (Å²) in [5.41, 5.74) is 0.926. The summed E-state index contributed by atoms with van der Waals surface area (Å²) in [5.74, 6) is 0.521. The summed E-state index contributed by atoms with van der Waals surface area (Å²) in [4.78, 5) is 18.7. The second kappa shape index (κ2) is 5.82. The second-order valence-electron chi connectivity index (χ2n) is 4.94. The zero-order chi connectivity index (χ0) is 14.8. The fourth-order valence-electron chi connectivity index (χ4n) is 2.37. The molecule has 21 heavy (non-hydrogen) atoms. The first-order valence-corrected chi connectivity index (χ1v) is 7.98. The molecule has 2 aromatic rings. The van der Waals surface area contributed by atoms with Crippen LogP contribution in [-0.4, -0.2) is 37.4 Å². The molecule has 0 amide bonds. The van der Waals surface area contributed by atoms with Gasteiger partial charge in [0.2, 0.25) is 0 Å². The summed E-state index contributed by atoms with van der Waals surface area (Å²) in [5, 5.41) is 14.4. The summed E-state index contributed by atoms with van der Waals surface area (Å²) < 4.78 is 12.3. The lowest BCUT2D eigenvalue weighted by atomic mass is 10.2. The number of nitro groups is 1. The zero-order valence-corrected chi connectivity index (χ0v) is 12.0. The number of hydrogen-bond acceptors (Lipinski definition) is 6. The first kappa shape index (κ1) is 14.0. The first-order chi connectivity index (χ1) is 10.1. The molecule has 0 bridgehead atoms. The van der Waals surface area contributed by atoms with Gasteiger partial charge in [-0.3, -0.25) is 19.3 Å². The van der Waals surface area contributed by atoms with Gasteiger partial charge in [-0.1, -0.05) is 0 Å². The van der Waals surface area contributed by atoms with Crippen molar-refractivity contribution in [3.05, 3.63) is 34.5 Å². The largest absolute Gasteiger partial charge is 0.313 e. The van der Waals surface area contributed by atoms with Gasteiger partial charge in [0.15, 0.2) is 0 Å². The molecule has 0 radical (unpaired) electrons. The fourth-order valence-corrected chi connectivity index (χ4v) is 3.56. The van der Waals surface area contributed by atoms with Gasteiger partial charge in [0.1, 0.15) is 5.03 Å². The van der Waals surface area contributed by atoms with Gasteiger partial charge >= 0.3 is 0 Å². The minimum atomic E-state index is -1.21. The van der Waals surface area contributed by atoms with Crippen LogP contribution < -0.4 is 5.32 Å². The third kappa shape index (κ3) is 3.06. The lowest BCUT2D eigenvalue weighted by molar-refractivity contribution is -0.384. The molecule has 0 saturated carbocycles. The van der Waals surface area contributed by atoms with Crippen LogP contribution in [0.15, 0.2) is 29.4 Å². The third-order valence-electron chi connectivity index (χ3n) is 3.46. The molecule has 7 nitrogen and oxygen atoms in total. The Balaban J connectivity index is 1.84. The normalized spacial score (nSPS) is 19.7. The number of rotatable bonds is 4. The van der Waals surface area contributed by atoms with E-state index in [1.165, 1.54) is 24.4 Å². The van der Waals surface area contributed by atoms with Crippen molar-refractivity contribution in [1.82, 2.24) is 15.3 Å². The molecular weight excluding hydrogens is 292 g/mol. The number of benzene rings is 1. The van der Waals surface area contributed by atoms with Gasteiger partial charge in [-0.25, -0.2) is 4.98 Å². The summed E-state index contributed by atoms with van der Waals surface area (Å²) >= 11 is 0. The molecule has 110 valence electrons. The van der Waals surface area contributed by atoms with Gasteiger partial charge in [0, 0.05) is 23.9 Å². The van der Waals surface area contributed by atoms with E-state index >= 15 is 0 Å². The van der Waals surface area contributed by atoms with Crippen LogP contribution in [-0.2, 0) is 10.8 Å². The number of hydrogen-bond donors (Lipinski definition) is 1. The van der Waals surface area contributed by atoms with E-state index in [-0.39, 0.29) is 11.7 Å². The average molecular weight is 306 g/mol. The highest BCUT2D eigenvalue weighted by Crippen LogP contribution is 2.19. The Morgan fingerprint density at radius 3 is 3.00 bits per heavy atom. The molecule has 0 aliphatic carbocycles. The number of fused-ring (bicyclic) bond motifs is 1. The van der Waals surface area contributed by atoms with E-state index in [1.807, 2.05) is 0 Å². The molecule has 0 spiro atoms. The third-order valence-corrected chi connectivity index (χ3v) is 4.83. The molecule has 1 N–H and O–H groups in total. The molecule has 0 unspecified atom stereocenters. The zero-order valence-electron chi connectivity index (χ0n) is 11.2. The van der Waals surface area contributed by atoms with Gasteiger partial charge in [-0.05, 0) is 25.5 Å². The highest BCUT2D eigenvalue weighted by molar-refractivity contribution is 7.85. The van der Waals surface area contributed by atoms with Crippen molar-refractivity contribution in [3.8, 4) is 0 Å². The molecule has 1 aliphatic rings. The molecule has 2 atom stereocenters. The monoisotopic (exact) mass is 306 g/mol. The standard InChI is InChI=1S/C13H14N4O3S/c18-17(19)10-3-4-11-12(6-10)15-7-13(16-11)21(20)8-9-2-1-5-14-9/h3-4,6-7,9,14H,1-2,5,8H2/t9-,21+/m0/s1. The summed E-state index contributed by atoms with van der Waals surface area (Å²) in [6.07, 6.45) is 3.57. The van der Waals surface area contributed by atoms with E-state index in [0.29, 0.717) is 21.8 Å². The van der Waals surface area contributed by atoms with Crippen molar-refractivity contribution in [1.29, 1.82) is 0 Å². The summed E-state index contributed by atoms with van der Waals surface area (Å²) in [6.45, 7) is 0.967. The smallest absolute Gasteiger partial charge is 0.271 e. The van der Waals surface area contributed by atoms with Crippen molar-refractivity contribution in [2.45, 2.75) is 23.9 Å². The highest BCUT2D eigenvalue weighted by atomic mass is 32.2. The van der Waals surface area contributed by atoms with Crippen molar-refractivity contribution >= 4 is 27.5 Å². The summed E-state index contributed by atoms with van der Waals surface area (Å²) in [6, 6.07) is 4.55. The maximum atomic E-state index is 12.3. The Kier molecular flexibility index (Phi) is 3.89. The Hall–Kier alpha value is -1.93. The van der Waals surface area contributed by atoms with E-state index in [2.05, 4.69) is 15.3 Å². The van der Waals surface area contributed by atoms with Crippen LogP contribution in [0.5, 0.6) is 0 Å². The number of nitrogens with one attached hydrogen (secondary N) is 1. The highest BCUT2D eigenvalue weighted by Gasteiger charge is 2.19. The van der Waals surface area contributed by atoms with E-state index in [0.717, 1.165) is 19.4 Å². The van der Waals surface area contributed by atoms with Crippen LogP contribution in [0, 0.1) is 10.1 Å². The van der Waals surface area contributed by atoms with Crippen molar-refractivity contribution in [2.24, 2.45) is 0 Å². The van der Waals surface area contributed by atoms with Crippen LogP contribution in [0.25, 0.3) is 11.0 Å². The van der Waals surface area contributed by atoms with Crippen LogP contribution >= 0.6 is 0 Å². The van der Waals surface area contributed by atoms with Gasteiger partial charge in [0.05, 0.1) is 33.0 Å². The van der Waals surface area contributed by atoms with E-state index in [9.17, 15) is 14.3 Å². The Labute approximate surface area is 123 Å². The van der Waals surface area contributed by atoms with E-state index in [1.54, 1.807) is 0 Å². The van der Waals surface area contributed by atoms with Crippen LogP contribution in [0.4, 0.5) is 5.69 Å². The molecule has 1 fully saturated rings. The van der Waals surface area contributed by atoms with Gasteiger partial charge in [-0.2, -0.15) is 0 Å². The molecule has 1 aromatic carbocycles. The van der Waals surface area contributed by atoms with E-state index < -0.39 is 15.7 Å². The quantitative estimate of drug-likeness (QED) is 0.677. The maximum absolute atomic E-state index is 12.3. The molecule has 3 rings (SSSR count). The topological polar surface area (TPSA) is 98.0 Å². The molecule has 2 heterocycles. The Bertz CT molecular complexity index is 716. The predicted molar refractivity (Wildman–Crippen MR) is 78.5 cm³/mol. The minimum absolute atomic E-state index is 0.0270. The molecule has 8 heteroatoms. The van der Waals surface area contributed by atoms with Crippen LogP contribution in [0.2, 0.25) is 0 Å². The Morgan fingerprint density at radius 2 is 2.29 bits per heavy atom. The number of nitrogens with zero attached hydrogens (tertiary/aromatic N) is 3. The second-order valence-corrected chi connectivity index (χ2v) is 6.39. The molecule has 1 saturated heterocycles. The van der Waals surface area contributed by atoms with Crippen LogP contribution in [0.1, 0.15) is 12.8 Å². The predicted octanol–water partition coefficient (Wildman–Crippen LogP) is 1.40. The lowest BCUT2D eigenvalue weighted by Gasteiger charge is -2.09. The number of nitro benzene ring substituents is 1. The maximum Gasteiger partial charge on any atom is 0.271 e. The molecule has 1 aliphatic heterocycles. The van der Waals surface area contributed by atoms with E-state index in [4.69, 9.17) is 0 Å².